The van der Waals surface area contributed by atoms with Gasteiger partial charge in [0.25, 0.3) is 0 Å². The molecule has 0 atom stereocenters. The molecule has 0 amide bonds. The molecule has 0 aliphatic carbocycles. The maximum Gasteiger partial charge on any atom is 0.243 e. The summed E-state index contributed by atoms with van der Waals surface area (Å²) in [5.41, 5.74) is 2.26. The van der Waals surface area contributed by atoms with Gasteiger partial charge in [0.2, 0.25) is 10.0 Å². The number of benzene rings is 1. The highest BCUT2D eigenvalue weighted by Crippen LogP contribution is 2.35. The van der Waals surface area contributed by atoms with Crippen molar-refractivity contribution in [1.82, 2.24) is 13.7 Å². The van der Waals surface area contributed by atoms with Crippen molar-refractivity contribution in [3.05, 3.63) is 52.7 Å². The lowest BCUT2D eigenvalue weighted by Gasteiger charge is -2.30. The fourth-order valence-corrected chi connectivity index (χ4v) is 6.22. The number of rotatable bonds is 3. The summed E-state index contributed by atoms with van der Waals surface area (Å²) in [6.07, 6.45) is 1.48. The first-order chi connectivity index (χ1) is 12.4. The van der Waals surface area contributed by atoms with Crippen LogP contribution in [0.1, 0.15) is 36.0 Å². The highest BCUT2D eigenvalue weighted by atomic mass is 32.2. The van der Waals surface area contributed by atoms with Crippen LogP contribution in [-0.2, 0) is 10.0 Å². The van der Waals surface area contributed by atoms with Gasteiger partial charge in [0.15, 0.2) is 0 Å². The van der Waals surface area contributed by atoms with Gasteiger partial charge in [-0.05, 0) is 51.0 Å². The van der Waals surface area contributed by atoms with Gasteiger partial charge in [-0.15, -0.1) is 11.3 Å². The molecule has 0 saturated carbocycles. The summed E-state index contributed by atoms with van der Waals surface area (Å²) in [6, 6.07) is 5.02. The van der Waals surface area contributed by atoms with E-state index in [4.69, 9.17) is 4.98 Å². The van der Waals surface area contributed by atoms with Gasteiger partial charge >= 0.3 is 0 Å². The van der Waals surface area contributed by atoms with Crippen LogP contribution in [-0.4, -0.2) is 35.2 Å². The minimum atomic E-state index is -3.57. The third-order valence-corrected chi connectivity index (χ3v) is 8.00. The average Bonchev–Trinajstić information content (AvgIpc) is 3.17. The molecule has 1 saturated heterocycles. The summed E-state index contributed by atoms with van der Waals surface area (Å²) >= 11 is 1.69. The predicted octanol–water partition coefficient (Wildman–Crippen LogP) is 3.72. The van der Waals surface area contributed by atoms with Crippen LogP contribution in [0.25, 0.3) is 4.83 Å². The summed E-state index contributed by atoms with van der Waals surface area (Å²) in [5, 5.41) is 2.13. The van der Waals surface area contributed by atoms with Crippen LogP contribution >= 0.6 is 11.3 Å². The number of hydrogen-bond donors (Lipinski definition) is 0. The van der Waals surface area contributed by atoms with Crippen LogP contribution in [0.15, 0.2) is 34.5 Å². The number of hydrogen-bond acceptors (Lipinski definition) is 4. The van der Waals surface area contributed by atoms with Crippen molar-refractivity contribution in [3.63, 3.8) is 0 Å². The van der Waals surface area contributed by atoms with E-state index in [9.17, 15) is 12.8 Å². The Balaban J connectivity index is 1.54. The van der Waals surface area contributed by atoms with E-state index in [1.54, 1.807) is 11.3 Å². The number of piperidine rings is 1. The molecule has 0 bridgehead atoms. The van der Waals surface area contributed by atoms with E-state index in [1.807, 2.05) is 6.92 Å². The summed E-state index contributed by atoms with van der Waals surface area (Å²) < 4.78 is 42.2. The van der Waals surface area contributed by atoms with E-state index in [2.05, 4.69) is 16.7 Å². The molecule has 138 valence electrons. The number of aromatic nitrogens is 2. The maximum atomic E-state index is 13.1. The molecule has 2 aromatic heterocycles. The Morgan fingerprint density at radius 3 is 2.46 bits per heavy atom. The molecule has 1 fully saturated rings. The van der Waals surface area contributed by atoms with Crippen LogP contribution in [0.5, 0.6) is 0 Å². The molecule has 3 heterocycles. The molecule has 5 nitrogen and oxygen atoms in total. The Morgan fingerprint density at radius 1 is 1.15 bits per heavy atom. The number of imidazole rings is 1. The van der Waals surface area contributed by atoms with Crippen LogP contribution < -0.4 is 0 Å². The lowest BCUT2D eigenvalue weighted by molar-refractivity contribution is 0.318. The van der Waals surface area contributed by atoms with E-state index < -0.39 is 15.8 Å². The Labute approximate surface area is 156 Å². The van der Waals surface area contributed by atoms with Crippen molar-refractivity contribution in [2.45, 2.75) is 37.5 Å². The number of thiazole rings is 1. The van der Waals surface area contributed by atoms with Gasteiger partial charge in [0.05, 0.1) is 10.6 Å². The molecule has 0 N–H and O–H groups in total. The van der Waals surface area contributed by atoms with Crippen molar-refractivity contribution in [3.8, 4) is 0 Å². The molecule has 4 rings (SSSR count). The van der Waals surface area contributed by atoms with E-state index >= 15 is 0 Å². The Morgan fingerprint density at radius 2 is 1.81 bits per heavy atom. The smallest absolute Gasteiger partial charge is 0.243 e. The fourth-order valence-electron chi connectivity index (χ4n) is 3.65. The fraction of sp³-hybridized carbons (Fsp3) is 0.389. The van der Waals surface area contributed by atoms with Crippen LogP contribution in [0.3, 0.4) is 0 Å². The van der Waals surface area contributed by atoms with Crippen molar-refractivity contribution >= 4 is 26.2 Å². The Hall–Kier alpha value is -1.77. The second-order valence-corrected chi connectivity index (χ2v) is 9.49. The van der Waals surface area contributed by atoms with E-state index in [-0.39, 0.29) is 10.8 Å². The van der Waals surface area contributed by atoms with Gasteiger partial charge in [-0.1, -0.05) is 0 Å². The Kier molecular flexibility index (Phi) is 4.37. The monoisotopic (exact) mass is 393 g/mol. The van der Waals surface area contributed by atoms with Crippen LogP contribution in [0.4, 0.5) is 4.39 Å². The van der Waals surface area contributed by atoms with E-state index in [0.717, 1.165) is 24.4 Å². The zero-order valence-corrected chi connectivity index (χ0v) is 16.3. The van der Waals surface area contributed by atoms with Gasteiger partial charge in [0, 0.05) is 30.1 Å². The van der Waals surface area contributed by atoms with Crippen LogP contribution in [0.2, 0.25) is 0 Å². The molecule has 26 heavy (non-hydrogen) atoms. The zero-order chi connectivity index (χ0) is 18.5. The highest BCUT2D eigenvalue weighted by Gasteiger charge is 2.32. The second-order valence-electron chi connectivity index (χ2n) is 6.69. The number of nitrogens with zero attached hydrogens (tertiary/aromatic N) is 3. The molecule has 3 aromatic rings. The van der Waals surface area contributed by atoms with E-state index in [0.29, 0.717) is 13.1 Å². The van der Waals surface area contributed by atoms with Crippen molar-refractivity contribution in [2.75, 3.05) is 13.1 Å². The summed E-state index contributed by atoms with van der Waals surface area (Å²) in [5.74, 6) is 0.805. The number of halogens is 1. The molecule has 8 heteroatoms. The maximum absolute atomic E-state index is 13.1. The number of sulfonamides is 1. The van der Waals surface area contributed by atoms with Gasteiger partial charge in [-0.25, -0.2) is 17.8 Å². The van der Waals surface area contributed by atoms with Gasteiger partial charge < -0.3 is 0 Å². The standard InChI is InChI=1S/C18H20FN3O2S2/c1-12-11-25-18-17(20-13(2)22(12)18)14-7-9-21(10-8-14)26(23,24)16-5-3-15(19)4-6-16/h3-6,11,14H,7-10H2,1-2H3. The first kappa shape index (κ1) is 17.6. The minimum absolute atomic E-state index is 0.145. The molecule has 0 unspecified atom stereocenters. The molecule has 1 aliphatic rings. The molecule has 1 aliphatic heterocycles. The first-order valence-electron chi connectivity index (χ1n) is 8.56. The van der Waals surface area contributed by atoms with Gasteiger partial charge in [0.1, 0.15) is 16.5 Å². The third-order valence-electron chi connectivity index (χ3n) is 5.01. The summed E-state index contributed by atoms with van der Waals surface area (Å²) in [6.45, 7) is 4.98. The zero-order valence-electron chi connectivity index (χ0n) is 14.6. The summed E-state index contributed by atoms with van der Waals surface area (Å²) in [7, 11) is -3.57. The molecule has 0 spiro atoms. The van der Waals surface area contributed by atoms with Crippen LogP contribution in [0, 0.1) is 19.7 Å². The third kappa shape index (κ3) is 2.86. The lowest BCUT2D eigenvalue weighted by Crippen LogP contribution is -2.38. The largest absolute Gasteiger partial charge is 0.292 e. The van der Waals surface area contributed by atoms with Crippen molar-refractivity contribution < 1.29 is 12.8 Å². The van der Waals surface area contributed by atoms with E-state index in [1.165, 1.54) is 39.1 Å². The number of aryl methyl sites for hydroxylation is 2. The van der Waals surface area contributed by atoms with Crippen molar-refractivity contribution in [1.29, 1.82) is 0 Å². The Bertz CT molecular complexity index is 1050. The van der Waals surface area contributed by atoms with Gasteiger partial charge in [-0.2, -0.15) is 4.31 Å². The second kappa shape index (κ2) is 6.44. The normalized spacial score (nSPS) is 17.2. The van der Waals surface area contributed by atoms with Crippen molar-refractivity contribution in [2.24, 2.45) is 0 Å². The SMILES string of the molecule is Cc1csc2c(C3CCN(S(=O)(=O)c4ccc(F)cc4)CC3)nc(C)n12. The predicted molar refractivity (Wildman–Crippen MR) is 99.7 cm³/mol. The minimum Gasteiger partial charge on any atom is -0.292 e. The number of fused-ring (bicyclic) bond motifs is 1. The first-order valence-corrected chi connectivity index (χ1v) is 10.9. The molecular formula is C18H20FN3O2S2. The van der Waals surface area contributed by atoms with Gasteiger partial charge in [-0.3, -0.25) is 4.40 Å². The summed E-state index contributed by atoms with van der Waals surface area (Å²) in [4.78, 5) is 6.06. The topological polar surface area (TPSA) is 54.7 Å². The quantitative estimate of drug-likeness (QED) is 0.681. The molecule has 1 aromatic carbocycles. The lowest BCUT2D eigenvalue weighted by atomic mass is 9.95. The molecular weight excluding hydrogens is 373 g/mol. The highest BCUT2D eigenvalue weighted by molar-refractivity contribution is 7.89. The average molecular weight is 394 g/mol. The molecule has 0 radical (unpaired) electrons.